The van der Waals surface area contributed by atoms with Gasteiger partial charge >= 0.3 is 12.1 Å². The van der Waals surface area contributed by atoms with Crippen LogP contribution < -0.4 is 58.5 Å². The van der Waals surface area contributed by atoms with E-state index in [1.165, 1.54) is 59.1 Å². The first-order valence-electron chi connectivity index (χ1n) is 52.4. The minimum absolute atomic E-state index is 0.00430. The van der Waals surface area contributed by atoms with Crippen LogP contribution in [0, 0.1) is 11.8 Å². The van der Waals surface area contributed by atoms with Gasteiger partial charge in [-0.15, -0.1) is 0 Å². The molecule has 0 radical (unpaired) electrons. The summed E-state index contributed by atoms with van der Waals surface area (Å²) in [5.74, 6) is -12.7. The Bertz CT molecular complexity index is 5950. The topological polar surface area (TPSA) is 468 Å². The quantitative estimate of drug-likeness (QED) is 0.0159. The molecule has 35 nitrogen and oxygen atoms in total. The zero-order chi connectivity index (χ0) is 107. The molecule has 6 aliphatic rings. The van der Waals surface area contributed by atoms with Gasteiger partial charge in [0.1, 0.15) is 102 Å². The summed E-state index contributed by atoms with van der Waals surface area (Å²) in [6.45, 7) is 14.7. The highest BCUT2D eigenvalue weighted by Crippen LogP contribution is 2.46. The van der Waals surface area contributed by atoms with E-state index in [0.717, 1.165) is 22.3 Å². The molecule has 0 aromatic heterocycles. The SMILES string of the molecule is CC[C@H](C)[C@H](NC(=O)[C@@H]1CCCN1C(=O)[C@H]1CCCN1C(=O)[C@H](C)NC(=O)[C@H](C)NC(=O)[C@H](CCC(=O)NC(c1ccccc1)(c1ccccc1)c1ccccc1)NC(=O)[C@@H]1CCCN1C(=O)[C@H]1CCCN1C(=O)[C@H](C)NC(=O)OCC1c2ccccc2-c2ccccc21)C(=O)N1CCC[C@H]1C(=O)N[C@@H](CCC(=O)NC(c1ccccc1)(c1ccccc1)c1ccccc1)C(=O)N[C@@H](C)C(=O)N[C@@H](C)C(=O)N[C@@H](CC(C)C)C(=O)O. The first-order chi connectivity index (χ1) is 72.1. The molecule has 792 valence electrons. The normalized spacial score (nSPS) is 18.9. The number of benzene rings is 8. The highest BCUT2D eigenvalue weighted by Gasteiger charge is 2.50. The molecule has 12 N–H and O–H groups in total. The second-order valence-corrected chi connectivity index (χ2v) is 40.5. The first kappa shape index (κ1) is 110. The fourth-order valence-corrected chi connectivity index (χ4v) is 21.6. The van der Waals surface area contributed by atoms with E-state index in [0.29, 0.717) is 71.9 Å². The second-order valence-electron chi connectivity index (χ2n) is 40.5. The number of hydrogen-bond acceptors (Lipinski definition) is 18. The largest absolute Gasteiger partial charge is 0.480 e. The molecule has 35 heteroatoms. The van der Waals surface area contributed by atoms with Crippen LogP contribution in [-0.4, -0.2) is 254 Å². The van der Waals surface area contributed by atoms with Gasteiger partial charge in [0.25, 0.3) is 0 Å². The van der Waals surface area contributed by atoms with E-state index in [-0.39, 0.29) is 115 Å². The van der Waals surface area contributed by atoms with Crippen LogP contribution in [0.2, 0.25) is 0 Å². The van der Waals surface area contributed by atoms with Crippen molar-refractivity contribution in [1.29, 1.82) is 0 Å². The number of carboxylic acid groups (broad SMARTS) is 1. The fraction of sp³-hybridized carbons (Fsp3) is 0.435. The number of amides is 16. The van der Waals surface area contributed by atoms with E-state index in [2.05, 4.69) is 58.5 Å². The van der Waals surface area contributed by atoms with Crippen molar-refractivity contribution in [2.24, 2.45) is 11.8 Å². The number of carboxylic acids is 1. The molecule has 5 fully saturated rings. The fourth-order valence-electron chi connectivity index (χ4n) is 21.6. The summed E-state index contributed by atoms with van der Waals surface area (Å²) in [6, 6.07) is 53.9. The Morgan fingerprint density at radius 3 is 0.987 bits per heavy atom. The van der Waals surface area contributed by atoms with Crippen LogP contribution in [0.15, 0.2) is 231 Å². The number of carbonyl (C=O) groups is 17. The predicted octanol–water partition coefficient (Wildman–Crippen LogP) is 8.78. The minimum Gasteiger partial charge on any atom is -0.480 e. The van der Waals surface area contributed by atoms with Gasteiger partial charge in [-0.25, -0.2) is 9.59 Å². The molecule has 8 aromatic carbocycles. The monoisotopic (exact) mass is 2050 g/mol. The van der Waals surface area contributed by atoms with Crippen molar-refractivity contribution < 1.29 is 91.4 Å². The average molecular weight is 2050 g/mol. The maximum Gasteiger partial charge on any atom is 0.407 e. The van der Waals surface area contributed by atoms with Crippen LogP contribution in [0.25, 0.3) is 11.1 Å². The summed E-state index contributed by atoms with van der Waals surface area (Å²) in [5.41, 5.74) is 5.78. The standard InChI is InChI=1S/C115H138N16O19/c1-10-71(4)98(111(146)129-65-35-55-92(129)105(140)122-89(102(137)117-72(5)99(134)116-74(7)101(136)123-90(112(147)148)68-70(2)3)60-62-97(133)126-115(80-44-23-14-24-45-80,81-46-25-15-26-47-81)82-48-27-16-28-49-82)124-106(141)93-56-34-64-128(93)110(145)94-57-36-66-130(94)107(142)75(8)119-100(135)73(6)118-103(138)88(59-61-96(132)125-114(77-38-17-11-18-39-77,78-40-19-12-20-41-78)79-42-21-13-22-43-79)121-104(139)91-54-33-63-127(91)109(144)95-58-37-67-131(95)108(143)76(9)120-113(149)150-69-87-85-52-31-29-50-83(85)84-51-30-32-53-86(84)87/h11-32,38-53,70-76,87-95,98H,10,33-37,54-69H2,1-9H3,(H,116,134)(H,117,137)(H,118,138)(H,119,135)(H,120,149)(H,121,139)(H,122,140)(H,123,136)(H,124,141)(H,125,132)(H,126,133)(H,147,148)/t71-,72-,73-,74-,75-,76-,88-,89-,90-,91-,92-,93-,94+,95+,98-/m0/s1. The Morgan fingerprint density at radius 2 is 0.633 bits per heavy atom. The van der Waals surface area contributed by atoms with Gasteiger partial charge in [-0.1, -0.05) is 265 Å². The minimum atomic E-state index is -1.55. The van der Waals surface area contributed by atoms with Gasteiger partial charge in [-0.2, -0.15) is 0 Å². The number of rotatable bonds is 43. The average Bonchev–Trinajstić information content (AvgIpc) is 0.888. The molecule has 5 aliphatic heterocycles. The zero-order valence-electron chi connectivity index (χ0n) is 86.3. The van der Waals surface area contributed by atoms with E-state index in [1.54, 1.807) is 20.8 Å². The lowest BCUT2D eigenvalue weighted by Crippen LogP contribution is -2.60. The molecule has 14 rings (SSSR count). The number of likely N-dealkylation sites (tertiary alicyclic amines) is 5. The maximum atomic E-state index is 15.4. The Morgan fingerprint density at radius 1 is 0.333 bits per heavy atom. The number of aliphatic carboxylic acids is 1. The Balaban J connectivity index is 0.625. The Labute approximate surface area is 874 Å². The number of nitrogens with one attached hydrogen (secondary N) is 11. The summed E-state index contributed by atoms with van der Waals surface area (Å²) in [7, 11) is 0. The molecule has 0 saturated carbocycles. The van der Waals surface area contributed by atoms with Crippen LogP contribution in [0.5, 0.6) is 0 Å². The van der Waals surface area contributed by atoms with E-state index >= 15 is 33.6 Å². The smallest absolute Gasteiger partial charge is 0.407 e. The lowest BCUT2D eigenvalue weighted by Gasteiger charge is -2.37. The Hall–Kier alpha value is -15.5. The van der Waals surface area contributed by atoms with Crippen LogP contribution in [0.1, 0.15) is 215 Å². The molecule has 1 aliphatic carbocycles. The third-order valence-electron chi connectivity index (χ3n) is 29.8. The summed E-state index contributed by atoms with van der Waals surface area (Å²) < 4.78 is 5.78. The molecule has 16 amide bonds. The second kappa shape index (κ2) is 50.5. The zero-order valence-corrected chi connectivity index (χ0v) is 86.3. The highest BCUT2D eigenvalue weighted by molar-refractivity contribution is 6.02. The van der Waals surface area contributed by atoms with E-state index in [9.17, 15) is 53.1 Å². The van der Waals surface area contributed by atoms with Gasteiger partial charge in [0.05, 0.1) is 0 Å². The van der Waals surface area contributed by atoms with Crippen molar-refractivity contribution in [2.45, 2.75) is 267 Å². The van der Waals surface area contributed by atoms with Crippen molar-refractivity contribution in [3.8, 4) is 11.1 Å². The van der Waals surface area contributed by atoms with E-state index in [1.807, 2.05) is 237 Å². The van der Waals surface area contributed by atoms with Crippen LogP contribution in [0.3, 0.4) is 0 Å². The number of carbonyl (C=O) groups excluding carboxylic acids is 16. The van der Waals surface area contributed by atoms with Crippen molar-refractivity contribution in [2.75, 3.05) is 39.3 Å². The van der Waals surface area contributed by atoms with Gasteiger partial charge in [-0.05, 0) is 186 Å². The molecule has 5 heterocycles. The van der Waals surface area contributed by atoms with Crippen LogP contribution in [0.4, 0.5) is 4.79 Å². The maximum absolute atomic E-state index is 15.4. The number of hydrogen-bond donors (Lipinski definition) is 12. The Kier molecular flexibility index (Phi) is 37.1. The highest BCUT2D eigenvalue weighted by atomic mass is 16.5. The number of ether oxygens (including phenoxy) is 1. The summed E-state index contributed by atoms with van der Waals surface area (Å²) >= 11 is 0. The number of alkyl carbamates (subject to hydrolysis) is 1. The predicted molar refractivity (Wildman–Crippen MR) is 559 cm³/mol. The van der Waals surface area contributed by atoms with Gasteiger partial charge in [0.15, 0.2) is 0 Å². The lowest BCUT2D eigenvalue weighted by molar-refractivity contribution is -0.148. The van der Waals surface area contributed by atoms with Gasteiger partial charge in [0.2, 0.25) is 88.6 Å². The first-order valence-corrected chi connectivity index (χ1v) is 52.4. The van der Waals surface area contributed by atoms with Crippen molar-refractivity contribution in [1.82, 2.24) is 83.0 Å². The van der Waals surface area contributed by atoms with Crippen molar-refractivity contribution in [3.05, 3.63) is 275 Å². The molecule has 15 atom stereocenters. The van der Waals surface area contributed by atoms with Gasteiger partial charge in [-0.3, -0.25) is 71.9 Å². The van der Waals surface area contributed by atoms with Crippen LogP contribution >= 0.6 is 0 Å². The summed E-state index contributed by atoms with van der Waals surface area (Å²) in [5, 5.41) is 40.7. The molecule has 150 heavy (non-hydrogen) atoms. The molecular weight excluding hydrogens is 1910 g/mol. The number of nitrogens with zero attached hydrogens (tertiary/aromatic N) is 5. The van der Waals surface area contributed by atoms with Crippen molar-refractivity contribution >= 4 is 101 Å². The number of fused-ring (bicyclic) bond motifs is 3. The van der Waals surface area contributed by atoms with E-state index < -0.39 is 202 Å². The lowest BCUT2D eigenvalue weighted by atomic mass is 9.77. The van der Waals surface area contributed by atoms with Gasteiger partial charge in [0, 0.05) is 51.5 Å². The third kappa shape index (κ3) is 25.6. The van der Waals surface area contributed by atoms with Crippen molar-refractivity contribution in [3.63, 3.8) is 0 Å². The summed E-state index contributed by atoms with van der Waals surface area (Å²) in [6.07, 6.45) is 0.879. The van der Waals surface area contributed by atoms with Crippen LogP contribution in [-0.2, 0) is 92.5 Å². The molecule has 0 bridgehead atoms. The van der Waals surface area contributed by atoms with E-state index in [4.69, 9.17) is 4.74 Å². The molecule has 8 aromatic rings. The molecule has 0 unspecified atom stereocenters. The van der Waals surface area contributed by atoms with Gasteiger partial charge < -0.3 is 92.8 Å². The third-order valence-corrected chi connectivity index (χ3v) is 29.8. The summed E-state index contributed by atoms with van der Waals surface area (Å²) in [4.78, 5) is 254. The molecule has 5 saturated heterocycles. The molecule has 0 spiro atoms. The molecular formula is C115H138N16O19.